The lowest BCUT2D eigenvalue weighted by Gasteiger charge is -2.09. The Hall–Kier alpha value is -3.15. The van der Waals surface area contributed by atoms with Crippen molar-refractivity contribution < 1.29 is 14.6 Å². The van der Waals surface area contributed by atoms with Gasteiger partial charge in [-0.3, -0.25) is 0 Å². The molecule has 0 atom stereocenters. The summed E-state index contributed by atoms with van der Waals surface area (Å²) < 4.78 is 7.03. The van der Waals surface area contributed by atoms with E-state index in [9.17, 15) is 9.90 Å². The summed E-state index contributed by atoms with van der Waals surface area (Å²) in [5, 5.41) is 13.8. The second kappa shape index (κ2) is 8.03. The highest BCUT2D eigenvalue weighted by molar-refractivity contribution is 5.95. The van der Waals surface area contributed by atoms with Crippen LogP contribution in [0.1, 0.15) is 35.6 Å². The summed E-state index contributed by atoms with van der Waals surface area (Å²) >= 11 is 0. The average Bonchev–Trinajstić information content (AvgIpc) is 3.03. The Morgan fingerprint density at radius 3 is 2.48 bits per heavy atom. The zero-order valence-corrected chi connectivity index (χ0v) is 15.7. The maximum absolute atomic E-state index is 11.4. The fourth-order valence-electron chi connectivity index (χ4n) is 2.96. The molecule has 0 bridgehead atoms. The van der Waals surface area contributed by atoms with Crippen LogP contribution in [0, 0.1) is 5.92 Å². The van der Waals surface area contributed by atoms with Gasteiger partial charge in [0.2, 0.25) is 0 Å². The van der Waals surface area contributed by atoms with E-state index in [0.717, 1.165) is 23.4 Å². The summed E-state index contributed by atoms with van der Waals surface area (Å²) in [6.07, 6.45) is 0.820. The highest BCUT2D eigenvalue weighted by Crippen LogP contribution is 2.24. The maximum Gasteiger partial charge on any atom is 0.336 e. The van der Waals surface area contributed by atoms with Gasteiger partial charge in [0.05, 0.1) is 19.2 Å². The van der Waals surface area contributed by atoms with E-state index in [2.05, 4.69) is 23.9 Å². The van der Waals surface area contributed by atoms with Crippen molar-refractivity contribution in [2.75, 3.05) is 7.11 Å². The first-order chi connectivity index (χ1) is 13.0. The fourth-order valence-corrected chi connectivity index (χ4v) is 2.96. The Morgan fingerprint density at radius 1 is 1.15 bits per heavy atom. The zero-order chi connectivity index (χ0) is 19.4. The molecule has 0 saturated heterocycles. The number of aromatic nitrogens is 3. The second-order valence-corrected chi connectivity index (χ2v) is 6.82. The monoisotopic (exact) mass is 365 g/mol. The fraction of sp³-hybridized carbons (Fsp3) is 0.286. The minimum absolute atomic E-state index is 0.297. The highest BCUT2D eigenvalue weighted by Gasteiger charge is 2.13. The first kappa shape index (κ1) is 18.6. The molecule has 0 fully saturated rings. The predicted molar refractivity (Wildman–Crippen MR) is 103 cm³/mol. The van der Waals surface area contributed by atoms with E-state index in [1.165, 1.54) is 0 Å². The Morgan fingerprint density at radius 2 is 1.85 bits per heavy atom. The molecule has 0 aliphatic rings. The molecule has 27 heavy (non-hydrogen) atoms. The molecule has 1 heterocycles. The molecule has 0 spiro atoms. The molecular formula is C21H23N3O3. The van der Waals surface area contributed by atoms with Gasteiger partial charge in [-0.15, -0.1) is 5.10 Å². The van der Waals surface area contributed by atoms with Gasteiger partial charge < -0.3 is 9.84 Å². The minimum atomic E-state index is -0.928. The molecule has 1 aromatic heterocycles. The van der Waals surface area contributed by atoms with Gasteiger partial charge in [-0.05, 0) is 28.7 Å². The van der Waals surface area contributed by atoms with Crippen LogP contribution in [0.4, 0.5) is 0 Å². The van der Waals surface area contributed by atoms with Gasteiger partial charge in [-0.25, -0.2) is 9.48 Å². The van der Waals surface area contributed by atoms with E-state index in [4.69, 9.17) is 4.74 Å². The lowest BCUT2D eigenvalue weighted by molar-refractivity contribution is 0.0697. The number of carbonyl (C=O) groups is 1. The van der Waals surface area contributed by atoms with Crippen LogP contribution in [0.5, 0.6) is 6.01 Å². The minimum Gasteiger partial charge on any atom is -0.478 e. The molecule has 0 radical (unpaired) electrons. The number of benzene rings is 2. The van der Waals surface area contributed by atoms with Crippen LogP contribution in [0.25, 0.3) is 11.1 Å². The summed E-state index contributed by atoms with van der Waals surface area (Å²) in [6.45, 7) is 4.86. The van der Waals surface area contributed by atoms with Gasteiger partial charge in [-0.1, -0.05) is 56.3 Å². The van der Waals surface area contributed by atoms with Crippen LogP contribution in [0.2, 0.25) is 0 Å². The van der Waals surface area contributed by atoms with Gasteiger partial charge in [-0.2, -0.15) is 4.98 Å². The molecule has 0 aliphatic carbocycles. The maximum atomic E-state index is 11.4. The number of nitrogens with zero attached hydrogens (tertiary/aromatic N) is 3. The summed E-state index contributed by atoms with van der Waals surface area (Å²) in [7, 11) is 1.56. The van der Waals surface area contributed by atoms with Gasteiger partial charge in [0, 0.05) is 6.42 Å². The Labute approximate surface area is 158 Å². The largest absolute Gasteiger partial charge is 0.478 e. The zero-order valence-electron chi connectivity index (χ0n) is 15.7. The van der Waals surface area contributed by atoms with Crippen molar-refractivity contribution in [1.82, 2.24) is 14.8 Å². The Bertz CT molecular complexity index is 930. The molecule has 0 saturated carbocycles. The molecule has 0 aliphatic heterocycles. The first-order valence-electron chi connectivity index (χ1n) is 8.87. The summed E-state index contributed by atoms with van der Waals surface area (Å²) in [5.74, 6) is 0.428. The number of ether oxygens (including phenoxy) is 1. The molecule has 0 unspecified atom stereocenters. The number of hydrogen-bond donors (Lipinski definition) is 1. The summed E-state index contributed by atoms with van der Waals surface area (Å²) in [5.41, 5.74) is 2.93. The predicted octanol–water partition coefficient (Wildman–Crippen LogP) is 3.90. The summed E-state index contributed by atoms with van der Waals surface area (Å²) in [6, 6.07) is 15.2. The SMILES string of the molecule is COc1nc(CC(C)C)n(Cc2ccc(-c3ccccc3C(=O)O)cc2)n1. The van der Waals surface area contributed by atoms with Gasteiger partial charge in [0.1, 0.15) is 5.82 Å². The van der Waals surface area contributed by atoms with E-state index in [1.54, 1.807) is 19.2 Å². The van der Waals surface area contributed by atoms with Crippen molar-refractivity contribution in [3.8, 4) is 17.1 Å². The van der Waals surface area contributed by atoms with Crippen molar-refractivity contribution in [3.63, 3.8) is 0 Å². The third kappa shape index (κ3) is 4.34. The first-order valence-corrected chi connectivity index (χ1v) is 8.87. The molecule has 2 aromatic carbocycles. The summed E-state index contributed by atoms with van der Waals surface area (Å²) in [4.78, 5) is 15.9. The van der Waals surface area contributed by atoms with Crippen molar-refractivity contribution in [3.05, 3.63) is 65.5 Å². The van der Waals surface area contributed by atoms with Crippen molar-refractivity contribution >= 4 is 5.97 Å². The smallest absolute Gasteiger partial charge is 0.336 e. The highest BCUT2D eigenvalue weighted by atomic mass is 16.5. The van der Waals surface area contributed by atoms with Gasteiger partial charge >= 0.3 is 12.0 Å². The lowest BCUT2D eigenvalue weighted by atomic mass is 9.99. The average molecular weight is 365 g/mol. The quantitative estimate of drug-likeness (QED) is 0.687. The van der Waals surface area contributed by atoms with Crippen molar-refractivity contribution in [2.45, 2.75) is 26.8 Å². The number of methoxy groups -OCH3 is 1. The third-order valence-corrected chi connectivity index (χ3v) is 4.26. The lowest BCUT2D eigenvalue weighted by Crippen LogP contribution is -2.09. The number of carboxylic acid groups (broad SMARTS) is 1. The molecule has 1 N–H and O–H groups in total. The van der Waals surface area contributed by atoms with Gasteiger partial charge in [0.25, 0.3) is 0 Å². The number of aromatic carboxylic acids is 1. The normalized spacial score (nSPS) is 11.0. The standard InChI is InChI=1S/C21H23N3O3/c1-14(2)12-19-22-21(27-3)23-24(19)13-15-8-10-16(11-9-15)17-6-4-5-7-18(17)20(25)26/h4-11,14H,12-13H2,1-3H3,(H,25,26). The topological polar surface area (TPSA) is 77.2 Å². The molecule has 0 amide bonds. The van der Waals surface area contributed by atoms with Crippen LogP contribution in [-0.4, -0.2) is 33.0 Å². The van der Waals surface area contributed by atoms with Crippen LogP contribution in [-0.2, 0) is 13.0 Å². The van der Waals surface area contributed by atoms with Crippen LogP contribution in [0.3, 0.4) is 0 Å². The van der Waals surface area contributed by atoms with Crippen LogP contribution < -0.4 is 4.74 Å². The number of carboxylic acids is 1. The van der Waals surface area contributed by atoms with E-state index in [1.807, 2.05) is 41.1 Å². The molecule has 6 nitrogen and oxygen atoms in total. The molecule has 6 heteroatoms. The van der Waals surface area contributed by atoms with E-state index < -0.39 is 5.97 Å². The van der Waals surface area contributed by atoms with E-state index in [-0.39, 0.29) is 0 Å². The number of hydrogen-bond acceptors (Lipinski definition) is 4. The van der Waals surface area contributed by atoms with Crippen molar-refractivity contribution in [2.24, 2.45) is 5.92 Å². The molecular weight excluding hydrogens is 342 g/mol. The third-order valence-electron chi connectivity index (χ3n) is 4.26. The van der Waals surface area contributed by atoms with Crippen LogP contribution >= 0.6 is 0 Å². The molecule has 3 rings (SSSR count). The number of rotatable bonds is 7. The Kier molecular flexibility index (Phi) is 5.54. The molecule has 3 aromatic rings. The van der Waals surface area contributed by atoms with E-state index in [0.29, 0.717) is 29.6 Å². The van der Waals surface area contributed by atoms with E-state index >= 15 is 0 Å². The van der Waals surface area contributed by atoms with Crippen molar-refractivity contribution in [1.29, 1.82) is 0 Å². The Balaban J connectivity index is 1.85. The molecule has 140 valence electrons. The van der Waals surface area contributed by atoms with Crippen LogP contribution in [0.15, 0.2) is 48.5 Å². The van der Waals surface area contributed by atoms with Gasteiger partial charge in [0.15, 0.2) is 0 Å². The second-order valence-electron chi connectivity index (χ2n) is 6.82.